The Kier molecular flexibility index (Phi) is 7.38. The van der Waals surface area contributed by atoms with Gasteiger partial charge in [-0.3, -0.25) is 4.68 Å². The lowest BCUT2D eigenvalue weighted by molar-refractivity contribution is 0.0492. The zero-order valence-corrected chi connectivity index (χ0v) is 20.3. The fourth-order valence-corrected chi connectivity index (χ4v) is 4.56. The van der Waals surface area contributed by atoms with E-state index in [4.69, 9.17) is 21.1 Å². The first-order chi connectivity index (χ1) is 15.8. The van der Waals surface area contributed by atoms with Gasteiger partial charge >= 0.3 is 6.09 Å². The minimum atomic E-state index is -0.516. The summed E-state index contributed by atoms with van der Waals surface area (Å²) in [7, 11) is 0. The maximum Gasteiger partial charge on any atom is 0.407 e. The van der Waals surface area contributed by atoms with Gasteiger partial charge in [0.2, 0.25) is 5.28 Å². The summed E-state index contributed by atoms with van der Waals surface area (Å²) in [5.41, 5.74) is 1.29. The van der Waals surface area contributed by atoms with Gasteiger partial charge in [-0.15, -0.1) is 0 Å². The molecule has 9 nitrogen and oxygen atoms in total. The van der Waals surface area contributed by atoms with Crippen molar-refractivity contribution in [2.75, 3.05) is 18.5 Å². The number of rotatable bonds is 5. The third-order valence-electron chi connectivity index (χ3n) is 5.97. The molecule has 2 aliphatic rings. The van der Waals surface area contributed by atoms with Gasteiger partial charge in [-0.1, -0.05) is 0 Å². The van der Waals surface area contributed by atoms with Crippen molar-refractivity contribution in [3.05, 3.63) is 23.9 Å². The number of aromatic nitrogens is 4. The summed E-state index contributed by atoms with van der Waals surface area (Å²) in [6.07, 6.45) is 10.8. The first-order valence-corrected chi connectivity index (χ1v) is 12.1. The second-order valence-electron chi connectivity index (χ2n) is 9.80. The maximum absolute atomic E-state index is 12.2. The number of alkyl carbamates (subject to hydrolysis) is 1. The molecule has 2 N–H and O–H groups in total. The van der Waals surface area contributed by atoms with Crippen LogP contribution in [0.4, 0.5) is 10.6 Å². The molecule has 2 fully saturated rings. The molecule has 10 heteroatoms. The molecule has 1 saturated carbocycles. The van der Waals surface area contributed by atoms with E-state index < -0.39 is 5.60 Å². The quantitative estimate of drug-likeness (QED) is 0.608. The summed E-state index contributed by atoms with van der Waals surface area (Å²) in [5.74, 6) is 0.685. The molecule has 1 saturated heterocycles. The Morgan fingerprint density at radius 1 is 1.18 bits per heavy atom. The molecule has 2 aromatic heterocycles. The van der Waals surface area contributed by atoms with Gasteiger partial charge in [-0.25, -0.2) is 14.8 Å². The summed E-state index contributed by atoms with van der Waals surface area (Å²) >= 11 is 6.14. The van der Waals surface area contributed by atoms with Crippen LogP contribution in [0.15, 0.2) is 18.6 Å². The highest BCUT2D eigenvalue weighted by Crippen LogP contribution is 2.31. The minimum absolute atomic E-state index is 0.0446. The van der Waals surface area contributed by atoms with Crippen molar-refractivity contribution >= 4 is 23.5 Å². The van der Waals surface area contributed by atoms with Crippen LogP contribution in [0.3, 0.4) is 0 Å². The van der Waals surface area contributed by atoms with E-state index in [0.29, 0.717) is 11.9 Å². The van der Waals surface area contributed by atoms with Crippen LogP contribution in [-0.2, 0) is 9.47 Å². The number of amides is 1. The van der Waals surface area contributed by atoms with Gasteiger partial charge in [-0.2, -0.15) is 5.10 Å². The monoisotopic (exact) mass is 476 g/mol. The molecule has 1 aliphatic carbocycles. The molecule has 33 heavy (non-hydrogen) atoms. The molecule has 3 heterocycles. The molecule has 2 aromatic rings. The van der Waals surface area contributed by atoms with Gasteiger partial charge in [-0.05, 0) is 70.9 Å². The Balaban J connectivity index is 1.44. The van der Waals surface area contributed by atoms with Gasteiger partial charge in [0.25, 0.3) is 0 Å². The van der Waals surface area contributed by atoms with E-state index in [-0.39, 0.29) is 23.5 Å². The van der Waals surface area contributed by atoms with Crippen molar-refractivity contribution in [2.24, 2.45) is 0 Å². The molecule has 0 spiro atoms. The van der Waals surface area contributed by atoms with E-state index in [1.807, 2.05) is 37.8 Å². The van der Waals surface area contributed by atoms with Crippen molar-refractivity contribution in [2.45, 2.75) is 83.0 Å². The van der Waals surface area contributed by atoms with Gasteiger partial charge in [0.15, 0.2) is 0 Å². The fourth-order valence-electron chi connectivity index (χ4n) is 4.43. The Hall–Kier alpha value is -2.39. The van der Waals surface area contributed by atoms with E-state index in [2.05, 4.69) is 25.7 Å². The summed E-state index contributed by atoms with van der Waals surface area (Å²) < 4.78 is 12.9. The van der Waals surface area contributed by atoms with E-state index >= 15 is 0 Å². The second kappa shape index (κ2) is 10.3. The molecule has 0 radical (unpaired) electrons. The zero-order valence-electron chi connectivity index (χ0n) is 19.5. The number of ether oxygens (including phenoxy) is 2. The average Bonchev–Trinajstić information content (AvgIpc) is 3.23. The van der Waals surface area contributed by atoms with Gasteiger partial charge in [0, 0.05) is 48.8 Å². The second-order valence-corrected chi connectivity index (χ2v) is 10.1. The molecule has 1 aliphatic heterocycles. The Morgan fingerprint density at radius 2 is 1.94 bits per heavy atom. The highest BCUT2D eigenvalue weighted by molar-refractivity contribution is 6.28. The van der Waals surface area contributed by atoms with Crippen molar-refractivity contribution in [1.82, 2.24) is 25.1 Å². The van der Waals surface area contributed by atoms with Crippen LogP contribution in [0.1, 0.15) is 65.3 Å². The molecule has 0 bridgehead atoms. The van der Waals surface area contributed by atoms with Crippen LogP contribution in [0.2, 0.25) is 5.28 Å². The third kappa shape index (κ3) is 6.57. The van der Waals surface area contributed by atoms with Crippen molar-refractivity contribution < 1.29 is 14.3 Å². The molecule has 2 unspecified atom stereocenters. The van der Waals surface area contributed by atoms with Crippen molar-refractivity contribution in [3.63, 3.8) is 0 Å². The minimum Gasteiger partial charge on any atom is -0.444 e. The SMILES string of the molecule is CC(C)(C)OC(=O)NC1CCCC(Nc2nc(Cl)ncc2-c2cnn(C3CCOCC3)c2)C1. The van der Waals surface area contributed by atoms with Crippen molar-refractivity contribution in [1.29, 1.82) is 0 Å². The summed E-state index contributed by atoms with van der Waals surface area (Å²) in [5, 5.41) is 11.3. The Morgan fingerprint density at radius 3 is 2.70 bits per heavy atom. The van der Waals surface area contributed by atoms with Crippen LogP contribution in [0, 0.1) is 0 Å². The molecule has 2 atom stereocenters. The lowest BCUT2D eigenvalue weighted by Crippen LogP contribution is -2.44. The molecule has 1 amide bonds. The number of nitrogens with zero attached hydrogens (tertiary/aromatic N) is 4. The summed E-state index contributed by atoms with van der Waals surface area (Å²) in [6, 6.07) is 0.534. The van der Waals surface area contributed by atoms with Crippen LogP contribution in [0.5, 0.6) is 0 Å². The average molecular weight is 477 g/mol. The topological polar surface area (TPSA) is 103 Å². The van der Waals surface area contributed by atoms with Gasteiger partial charge in [0.05, 0.1) is 12.2 Å². The third-order valence-corrected chi connectivity index (χ3v) is 6.15. The van der Waals surface area contributed by atoms with E-state index in [9.17, 15) is 4.79 Å². The molecule has 4 rings (SSSR count). The molecular formula is C23H33ClN6O3. The highest BCUT2D eigenvalue weighted by atomic mass is 35.5. The predicted molar refractivity (Wildman–Crippen MR) is 126 cm³/mol. The van der Waals surface area contributed by atoms with Gasteiger partial charge in [0.1, 0.15) is 11.4 Å². The number of hydrogen-bond acceptors (Lipinski definition) is 7. The largest absolute Gasteiger partial charge is 0.444 e. The Bertz CT molecular complexity index is 954. The Labute approximate surface area is 199 Å². The number of nitrogens with one attached hydrogen (secondary N) is 2. The lowest BCUT2D eigenvalue weighted by Gasteiger charge is -2.31. The van der Waals surface area contributed by atoms with Crippen LogP contribution < -0.4 is 10.6 Å². The molecule has 180 valence electrons. The summed E-state index contributed by atoms with van der Waals surface area (Å²) in [4.78, 5) is 20.9. The smallest absolute Gasteiger partial charge is 0.407 e. The van der Waals surface area contributed by atoms with Gasteiger partial charge < -0.3 is 20.1 Å². The molecule has 0 aromatic carbocycles. The molecular weight excluding hydrogens is 444 g/mol. The first-order valence-electron chi connectivity index (χ1n) is 11.7. The maximum atomic E-state index is 12.2. The lowest BCUT2D eigenvalue weighted by atomic mass is 9.91. The number of carbonyl (C=O) groups is 1. The standard InChI is InChI=1S/C23H33ClN6O3/c1-23(2,3)33-22(31)28-17-6-4-5-16(11-17)27-20-19(13-25-21(24)29-20)15-12-26-30(14-15)18-7-9-32-10-8-18/h12-14,16-18H,4-11H2,1-3H3,(H,28,31)(H,25,27,29). The highest BCUT2D eigenvalue weighted by Gasteiger charge is 2.27. The van der Waals surface area contributed by atoms with Crippen LogP contribution in [0.25, 0.3) is 11.1 Å². The van der Waals surface area contributed by atoms with Crippen LogP contribution >= 0.6 is 11.6 Å². The zero-order chi connectivity index (χ0) is 23.4. The van der Waals surface area contributed by atoms with Crippen molar-refractivity contribution in [3.8, 4) is 11.1 Å². The van der Waals surface area contributed by atoms with E-state index in [1.54, 1.807) is 6.20 Å². The number of anilines is 1. The number of carbonyl (C=O) groups excluding carboxylic acids is 1. The van der Waals surface area contributed by atoms with E-state index in [1.165, 1.54) is 0 Å². The number of hydrogen-bond donors (Lipinski definition) is 2. The summed E-state index contributed by atoms with van der Waals surface area (Å²) in [6.45, 7) is 7.11. The normalized spacial score (nSPS) is 22.1. The first kappa shape index (κ1) is 23.8. The number of halogens is 1. The fraction of sp³-hybridized carbons (Fsp3) is 0.652. The van der Waals surface area contributed by atoms with Crippen LogP contribution in [-0.4, -0.2) is 56.7 Å². The van der Waals surface area contributed by atoms with E-state index in [0.717, 1.165) is 62.9 Å². The predicted octanol–water partition coefficient (Wildman–Crippen LogP) is 4.59.